The molecule has 3 fully saturated rings. The number of carbonyl (C=O) groups is 1. The lowest BCUT2D eigenvalue weighted by molar-refractivity contribution is 0.0617. The van der Waals surface area contributed by atoms with Crippen LogP contribution in [-0.2, 0) is 0 Å². The van der Waals surface area contributed by atoms with E-state index in [0.29, 0.717) is 17.4 Å². The summed E-state index contributed by atoms with van der Waals surface area (Å²) < 4.78 is 0. The molecular weight excluding hydrogens is 254 g/mol. The third-order valence-electron chi connectivity index (χ3n) is 4.22. The zero-order valence-corrected chi connectivity index (χ0v) is 11.8. The maximum atomic E-state index is 12.2. The summed E-state index contributed by atoms with van der Waals surface area (Å²) >= 11 is 0. The molecule has 6 heteroatoms. The zero-order chi connectivity index (χ0) is 13.9. The van der Waals surface area contributed by atoms with Crippen LogP contribution in [0.4, 0.5) is 5.82 Å². The Balaban J connectivity index is 1.61. The Bertz CT molecular complexity index is 467. The van der Waals surface area contributed by atoms with Gasteiger partial charge in [0, 0.05) is 19.1 Å². The lowest BCUT2D eigenvalue weighted by Crippen LogP contribution is -2.57. The SMILES string of the molecule is CCNc1cnc(C(=O)NC2CN3CCC2CC3)cn1. The Kier molecular flexibility index (Phi) is 3.82. The molecule has 0 aromatic carbocycles. The number of anilines is 1. The normalized spacial score (nSPS) is 28.1. The van der Waals surface area contributed by atoms with E-state index in [1.165, 1.54) is 32.1 Å². The molecule has 1 atom stereocenters. The lowest BCUT2D eigenvalue weighted by Gasteiger charge is -2.44. The van der Waals surface area contributed by atoms with Gasteiger partial charge < -0.3 is 15.5 Å². The Morgan fingerprint density at radius 1 is 1.35 bits per heavy atom. The van der Waals surface area contributed by atoms with Crippen LogP contribution in [0.5, 0.6) is 0 Å². The molecule has 0 aliphatic carbocycles. The van der Waals surface area contributed by atoms with E-state index in [4.69, 9.17) is 0 Å². The number of amides is 1. The first kappa shape index (κ1) is 13.3. The predicted octanol–water partition coefficient (Wildman–Crippen LogP) is 0.732. The molecule has 3 aliphatic rings. The van der Waals surface area contributed by atoms with E-state index in [0.717, 1.165) is 13.1 Å². The van der Waals surface area contributed by atoms with Gasteiger partial charge >= 0.3 is 0 Å². The van der Waals surface area contributed by atoms with E-state index in [9.17, 15) is 4.79 Å². The number of carbonyl (C=O) groups excluding carboxylic acids is 1. The van der Waals surface area contributed by atoms with Crippen molar-refractivity contribution in [1.29, 1.82) is 0 Å². The van der Waals surface area contributed by atoms with Crippen LogP contribution in [0, 0.1) is 5.92 Å². The van der Waals surface area contributed by atoms with Gasteiger partial charge in [-0.15, -0.1) is 0 Å². The number of hydrogen-bond acceptors (Lipinski definition) is 5. The van der Waals surface area contributed by atoms with Crippen molar-refractivity contribution in [3.05, 3.63) is 18.1 Å². The molecule has 2 N–H and O–H groups in total. The Labute approximate surface area is 119 Å². The minimum Gasteiger partial charge on any atom is -0.369 e. The van der Waals surface area contributed by atoms with Crippen LogP contribution in [0.15, 0.2) is 12.4 Å². The fourth-order valence-electron chi connectivity index (χ4n) is 3.09. The van der Waals surface area contributed by atoms with Crippen molar-refractivity contribution in [1.82, 2.24) is 20.2 Å². The number of fused-ring (bicyclic) bond motifs is 3. The molecule has 1 aromatic rings. The number of rotatable bonds is 4. The molecule has 1 unspecified atom stereocenters. The molecule has 1 amide bonds. The van der Waals surface area contributed by atoms with Crippen molar-refractivity contribution in [3.63, 3.8) is 0 Å². The Morgan fingerprint density at radius 3 is 2.70 bits per heavy atom. The second kappa shape index (κ2) is 5.75. The van der Waals surface area contributed by atoms with Crippen LogP contribution in [0.25, 0.3) is 0 Å². The van der Waals surface area contributed by atoms with Crippen molar-refractivity contribution >= 4 is 11.7 Å². The third-order valence-corrected chi connectivity index (χ3v) is 4.22. The van der Waals surface area contributed by atoms with E-state index >= 15 is 0 Å². The quantitative estimate of drug-likeness (QED) is 0.848. The van der Waals surface area contributed by atoms with Crippen molar-refractivity contribution in [2.45, 2.75) is 25.8 Å². The maximum Gasteiger partial charge on any atom is 0.271 e. The second-order valence-corrected chi connectivity index (χ2v) is 5.54. The van der Waals surface area contributed by atoms with E-state index in [-0.39, 0.29) is 11.9 Å². The van der Waals surface area contributed by atoms with E-state index in [2.05, 4.69) is 25.5 Å². The first-order valence-electron chi connectivity index (χ1n) is 7.35. The summed E-state index contributed by atoms with van der Waals surface area (Å²) in [5.41, 5.74) is 0.392. The summed E-state index contributed by atoms with van der Waals surface area (Å²) in [7, 11) is 0. The fraction of sp³-hybridized carbons (Fsp3) is 0.643. The summed E-state index contributed by atoms with van der Waals surface area (Å²) in [6.45, 7) is 6.11. The minimum absolute atomic E-state index is 0.112. The summed E-state index contributed by atoms with van der Waals surface area (Å²) in [4.78, 5) is 23.0. The van der Waals surface area contributed by atoms with Gasteiger partial charge in [-0.25, -0.2) is 9.97 Å². The predicted molar refractivity (Wildman–Crippen MR) is 76.6 cm³/mol. The molecule has 20 heavy (non-hydrogen) atoms. The molecule has 0 saturated carbocycles. The highest BCUT2D eigenvalue weighted by atomic mass is 16.2. The molecule has 0 radical (unpaired) electrons. The van der Waals surface area contributed by atoms with Crippen molar-refractivity contribution < 1.29 is 4.79 Å². The second-order valence-electron chi connectivity index (χ2n) is 5.54. The van der Waals surface area contributed by atoms with Crippen LogP contribution in [0.1, 0.15) is 30.3 Å². The monoisotopic (exact) mass is 275 g/mol. The molecule has 108 valence electrons. The van der Waals surface area contributed by atoms with Crippen molar-refractivity contribution in [2.75, 3.05) is 31.5 Å². The molecule has 2 bridgehead atoms. The molecule has 0 spiro atoms. The average molecular weight is 275 g/mol. The van der Waals surface area contributed by atoms with Crippen LogP contribution < -0.4 is 10.6 Å². The first-order valence-corrected chi connectivity index (χ1v) is 7.35. The van der Waals surface area contributed by atoms with Gasteiger partial charge in [-0.05, 0) is 38.8 Å². The largest absolute Gasteiger partial charge is 0.369 e. The first-order chi connectivity index (χ1) is 9.76. The van der Waals surface area contributed by atoms with Gasteiger partial charge in [0.05, 0.1) is 12.4 Å². The number of hydrogen-bond donors (Lipinski definition) is 2. The lowest BCUT2D eigenvalue weighted by atomic mass is 9.84. The van der Waals surface area contributed by atoms with Gasteiger partial charge in [0.2, 0.25) is 0 Å². The number of nitrogens with zero attached hydrogens (tertiary/aromatic N) is 3. The van der Waals surface area contributed by atoms with Gasteiger partial charge in [-0.3, -0.25) is 4.79 Å². The molecule has 4 heterocycles. The van der Waals surface area contributed by atoms with Gasteiger partial charge in [0.1, 0.15) is 11.5 Å². The number of piperidine rings is 3. The number of aromatic nitrogens is 2. The molecule has 4 rings (SSSR count). The van der Waals surface area contributed by atoms with Crippen LogP contribution in [0.3, 0.4) is 0 Å². The highest BCUT2D eigenvalue weighted by molar-refractivity contribution is 5.92. The third kappa shape index (κ3) is 2.75. The molecule has 1 aromatic heterocycles. The minimum atomic E-state index is -0.112. The summed E-state index contributed by atoms with van der Waals surface area (Å²) in [5.74, 6) is 1.21. The molecular formula is C14H21N5O. The van der Waals surface area contributed by atoms with Gasteiger partial charge in [-0.1, -0.05) is 0 Å². The summed E-state index contributed by atoms with van der Waals surface area (Å²) in [5, 5.41) is 6.18. The fourth-order valence-corrected chi connectivity index (χ4v) is 3.09. The van der Waals surface area contributed by atoms with Crippen LogP contribution >= 0.6 is 0 Å². The standard InChI is InChI=1S/C14H21N5O/c1-2-15-13-8-16-11(7-17-13)14(20)18-12-9-19-5-3-10(12)4-6-19/h7-8,10,12H,2-6,9H2,1H3,(H,15,17)(H,18,20). The summed E-state index contributed by atoms with van der Waals surface area (Å²) in [6, 6.07) is 0.264. The molecule has 3 aliphatic heterocycles. The molecule has 3 saturated heterocycles. The Morgan fingerprint density at radius 2 is 2.15 bits per heavy atom. The van der Waals surface area contributed by atoms with Crippen molar-refractivity contribution in [2.24, 2.45) is 5.92 Å². The summed E-state index contributed by atoms with van der Waals surface area (Å²) in [6.07, 6.45) is 5.52. The van der Waals surface area contributed by atoms with E-state index in [1.54, 1.807) is 6.20 Å². The highest BCUT2D eigenvalue weighted by Gasteiger charge is 2.35. The Hall–Kier alpha value is -1.69. The van der Waals surface area contributed by atoms with Crippen LogP contribution in [-0.4, -0.2) is 53.0 Å². The van der Waals surface area contributed by atoms with Crippen molar-refractivity contribution in [3.8, 4) is 0 Å². The van der Waals surface area contributed by atoms with Gasteiger partial charge in [0.25, 0.3) is 5.91 Å². The smallest absolute Gasteiger partial charge is 0.271 e. The van der Waals surface area contributed by atoms with E-state index < -0.39 is 0 Å². The van der Waals surface area contributed by atoms with Crippen LogP contribution in [0.2, 0.25) is 0 Å². The topological polar surface area (TPSA) is 70.2 Å². The molecule has 6 nitrogen and oxygen atoms in total. The van der Waals surface area contributed by atoms with Gasteiger partial charge in [0.15, 0.2) is 0 Å². The van der Waals surface area contributed by atoms with Gasteiger partial charge in [-0.2, -0.15) is 0 Å². The number of nitrogens with one attached hydrogen (secondary N) is 2. The average Bonchev–Trinajstić information content (AvgIpc) is 2.49. The highest BCUT2D eigenvalue weighted by Crippen LogP contribution is 2.27. The zero-order valence-electron chi connectivity index (χ0n) is 11.8. The van der Waals surface area contributed by atoms with E-state index in [1.807, 2.05) is 6.92 Å². The maximum absolute atomic E-state index is 12.2.